The lowest BCUT2D eigenvalue weighted by molar-refractivity contribution is 0.626. The average Bonchev–Trinajstić information content (AvgIpc) is 2.78. The highest BCUT2D eigenvalue weighted by atomic mass is 15.3. The summed E-state index contributed by atoms with van der Waals surface area (Å²) >= 11 is 0. The predicted octanol–water partition coefficient (Wildman–Crippen LogP) is 3.16. The van der Waals surface area contributed by atoms with Crippen molar-refractivity contribution in [2.75, 3.05) is 6.54 Å². The smallest absolute Gasteiger partial charge is 0.0685 e. The van der Waals surface area contributed by atoms with Crippen molar-refractivity contribution >= 4 is 0 Å². The summed E-state index contributed by atoms with van der Waals surface area (Å²) in [7, 11) is 0. The van der Waals surface area contributed by atoms with Gasteiger partial charge in [-0.1, -0.05) is 37.6 Å². The van der Waals surface area contributed by atoms with E-state index in [4.69, 9.17) is 5.73 Å². The zero-order valence-corrected chi connectivity index (χ0v) is 11.9. The van der Waals surface area contributed by atoms with Crippen LogP contribution in [-0.4, -0.2) is 16.3 Å². The first-order valence-corrected chi connectivity index (χ1v) is 7.08. The van der Waals surface area contributed by atoms with Gasteiger partial charge in [0.1, 0.15) is 0 Å². The van der Waals surface area contributed by atoms with E-state index in [0.717, 1.165) is 24.4 Å². The molecule has 0 radical (unpaired) electrons. The Hall–Kier alpha value is -1.61. The third-order valence-corrected chi connectivity index (χ3v) is 3.31. The van der Waals surface area contributed by atoms with Crippen LogP contribution in [0, 0.1) is 6.92 Å². The summed E-state index contributed by atoms with van der Waals surface area (Å²) in [6, 6.07) is 10.9. The van der Waals surface area contributed by atoms with Crippen molar-refractivity contribution in [1.29, 1.82) is 0 Å². The molecule has 0 unspecified atom stereocenters. The minimum absolute atomic E-state index is 0.614. The van der Waals surface area contributed by atoms with Crippen molar-refractivity contribution < 1.29 is 0 Å². The molecular weight excluding hydrogens is 234 g/mol. The molecule has 2 N–H and O–H groups in total. The SMILES string of the molecule is CCCCc1ccc(-c2cc(C)nn2CCN)cc1. The molecule has 0 bridgehead atoms. The fraction of sp³-hybridized carbons (Fsp3) is 0.438. The summed E-state index contributed by atoms with van der Waals surface area (Å²) in [4.78, 5) is 0. The summed E-state index contributed by atoms with van der Waals surface area (Å²) in [6.45, 7) is 5.62. The highest BCUT2D eigenvalue weighted by molar-refractivity contribution is 5.60. The zero-order valence-electron chi connectivity index (χ0n) is 11.9. The molecule has 1 aromatic heterocycles. The summed E-state index contributed by atoms with van der Waals surface area (Å²) < 4.78 is 2.00. The minimum atomic E-state index is 0.614. The molecule has 0 aliphatic carbocycles. The van der Waals surface area contributed by atoms with E-state index >= 15 is 0 Å². The lowest BCUT2D eigenvalue weighted by Crippen LogP contribution is -2.12. The molecule has 1 heterocycles. The van der Waals surface area contributed by atoms with Crippen LogP contribution in [0.2, 0.25) is 0 Å². The van der Waals surface area contributed by atoms with Gasteiger partial charge in [-0.05, 0) is 37.0 Å². The first-order chi connectivity index (χ1) is 9.24. The van der Waals surface area contributed by atoms with Gasteiger partial charge in [0.15, 0.2) is 0 Å². The van der Waals surface area contributed by atoms with Gasteiger partial charge in [-0.2, -0.15) is 5.10 Å². The lowest BCUT2D eigenvalue weighted by Gasteiger charge is -2.07. The molecule has 2 aromatic rings. The average molecular weight is 257 g/mol. The van der Waals surface area contributed by atoms with E-state index in [-0.39, 0.29) is 0 Å². The predicted molar refractivity (Wildman–Crippen MR) is 80.1 cm³/mol. The minimum Gasteiger partial charge on any atom is -0.329 e. The molecule has 102 valence electrons. The van der Waals surface area contributed by atoms with Crippen LogP contribution in [0.3, 0.4) is 0 Å². The van der Waals surface area contributed by atoms with Gasteiger partial charge in [-0.25, -0.2) is 0 Å². The second-order valence-electron chi connectivity index (χ2n) is 4.98. The van der Waals surface area contributed by atoms with E-state index in [1.807, 2.05) is 11.6 Å². The second-order valence-corrected chi connectivity index (χ2v) is 4.98. The molecule has 0 amide bonds. The molecule has 0 spiro atoms. The van der Waals surface area contributed by atoms with E-state index in [1.165, 1.54) is 24.0 Å². The molecule has 2 rings (SSSR count). The Balaban J connectivity index is 2.21. The highest BCUT2D eigenvalue weighted by Crippen LogP contribution is 2.21. The van der Waals surface area contributed by atoms with Gasteiger partial charge in [0.2, 0.25) is 0 Å². The second kappa shape index (κ2) is 6.53. The van der Waals surface area contributed by atoms with E-state index in [0.29, 0.717) is 6.54 Å². The van der Waals surface area contributed by atoms with Crippen LogP contribution in [0.25, 0.3) is 11.3 Å². The first-order valence-electron chi connectivity index (χ1n) is 7.08. The molecule has 19 heavy (non-hydrogen) atoms. The topological polar surface area (TPSA) is 43.8 Å². The van der Waals surface area contributed by atoms with E-state index in [9.17, 15) is 0 Å². The Morgan fingerprint density at radius 3 is 2.58 bits per heavy atom. The van der Waals surface area contributed by atoms with Crippen molar-refractivity contribution in [3.05, 3.63) is 41.6 Å². The van der Waals surface area contributed by atoms with Crippen LogP contribution < -0.4 is 5.73 Å². The summed E-state index contributed by atoms with van der Waals surface area (Å²) in [5.41, 5.74) is 10.5. The number of nitrogens with two attached hydrogens (primary N) is 1. The molecule has 0 saturated heterocycles. The van der Waals surface area contributed by atoms with Crippen molar-refractivity contribution in [2.45, 2.75) is 39.7 Å². The molecule has 0 fully saturated rings. The summed E-state index contributed by atoms with van der Waals surface area (Å²) in [5.74, 6) is 0. The molecule has 1 aromatic carbocycles. The van der Waals surface area contributed by atoms with Gasteiger partial charge in [0, 0.05) is 6.54 Å². The normalized spacial score (nSPS) is 10.9. The third kappa shape index (κ3) is 3.44. The molecular formula is C16H23N3. The number of unbranched alkanes of at least 4 members (excludes halogenated alkanes) is 1. The number of hydrogen-bond donors (Lipinski definition) is 1. The number of aryl methyl sites for hydroxylation is 2. The Morgan fingerprint density at radius 2 is 1.95 bits per heavy atom. The Labute approximate surface area is 115 Å². The zero-order chi connectivity index (χ0) is 13.7. The van der Waals surface area contributed by atoms with Crippen LogP contribution in [0.1, 0.15) is 31.0 Å². The van der Waals surface area contributed by atoms with Gasteiger partial charge in [0.25, 0.3) is 0 Å². The standard InChI is InChI=1S/C16H23N3/c1-3-4-5-14-6-8-15(9-7-14)16-12-13(2)18-19(16)11-10-17/h6-9,12H,3-5,10-11,17H2,1-2H3. The summed E-state index contributed by atoms with van der Waals surface area (Å²) in [5, 5.41) is 4.49. The van der Waals surface area contributed by atoms with E-state index in [1.54, 1.807) is 0 Å². The number of nitrogens with zero attached hydrogens (tertiary/aromatic N) is 2. The number of aromatic nitrogens is 2. The van der Waals surface area contributed by atoms with Crippen LogP contribution in [0.5, 0.6) is 0 Å². The fourth-order valence-corrected chi connectivity index (χ4v) is 2.29. The van der Waals surface area contributed by atoms with Crippen molar-refractivity contribution in [3.8, 4) is 11.3 Å². The Bertz CT molecular complexity index is 511. The third-order valence-electron chi connectivity index (χ3n) is 3.31. The summed E-state index contributed by atoms with van der Waals surface area (Å²) in [6.07, 6.45) is 3.66. The monoisotopic (exact) mass is 257 g/mol. The largest absolute Gasteiger partial charge is 0.329 e. The van der Waals surface area contributed by atoms with Gasteiger partial charge in [-0.15, -0.1) is 0 Å². The number of hydrogen-bond acceptors (Lipinski definition) is 2. The molecule has 3 heteroatoms. The maximum Gasteiger partial charge on any atom is 0.0685 e. The van der Waals surface area contributed by atoms with Gasteiger partial charge in [0.05, 0.1) is 17.9 Å². The Kier molecular flexibility index (Phi) is 4.74. The quantitative estimate of drug-likeness (QED) is 0.864. The van der Waals surface area contributed by atoms with Crippen molar-refractivity contribution in [3.63, 3.8) is 0 Å². The molecule has 0 aliphatic heterocycles. The van der Waals surface area contributed by atoms with Gasteiger partial charge >= 0.3 is 0 Å². The van der Waals surface area contributed by atoms with Crippen molar-refractivity contribution in [2.24, 2.45) is 5.73 Å². The number of rotatable bonds is 6. The maximum absolute atomic E-state index is 5.63. The first kappa shape index (κ1) is 13.8. The highest BCUT2D eigenvalue weighted by Gasteiger charge is 2.07. The number of benzene rings is 1. The van der Waals surface area contributed by atoms with Gasteiger partial charge < -0.3 is 5.73 Å². The fourth-order valence-electron chi connectivity index (χ4n) is 2.29. The molecule has 0 saturated carbocycles. The van der Waals surface area contributed by atoms with Gasteiger partial charge in [-0.3, -0.25) is 4.68 Å². The van der Waals surface area contributed by atoms with E-state index in [2.05, 4.69) is 42.4 Å². The van der Waals surface area contributed by atoms with Crippen LogP contribution >= 0.6 is 0 Å². The van der Waals surface area contributed by atoms with Crippen LogP contribution in [0.4, 0.5) is 0 Å². The van der Waals surface area contributed by atoms with Crippen LogP contribution in [0.15, 0.2) is 30.3 Å². The molecule has 3 nitrogen and oxygen atoms in total. The van der Waals surface area contributed by atoms with Crippen LogP contribution in [-0.2, 0) is 13.0 Å². The maximum atomic E-state index is 5.63. The molecule has 0 aliphatic rings. The molecule has 0 atom stereocenters. The van der Waals surface area contributed by atoms with E-state index < -0.39 is 0 Å². The van der Waals surface area contributed by atoms with Crippen molar-refractivity contribution in [1.82, 2.24) is 9.78 Å². The lowest BCUT2D eigenvalue weighted by atomic mass is 10.0. The Morgan fingerprint density at radius 1 is 1.21 bits per heavy atom.